The van der Waals surface area contributed by atoms with Crippen LogP contribution in [-0.2, 0) is 20.9 Å². The minimum Gasteiger partial charge on any atom is -0.497 e. The third-order valence-electron chi connectivity index (χ3n) is 6.09. The van der Waals surface area contributed by atoms with Crippen LogP contribution in [0.3, 0.4) is 0 Å². The van der Waals surface area contributed by atoms with E-state index in [2.05, 4.69) is 21.9 Å². The van der Waals surface area contributed by atoms with Crippen LogP contribution >= 0.6 is 0 Å². The molecule has 2 heterocycles. The largest absolute Gasteiger partial charge is 0.497 e. The van der Waals surface area contributed by atoms with E-state index in [1.54, 1.807) is 19.2 Å². The highest BCUT2D eigenvalue weighted by atomic mass is 19.4. The minimum absolute atomic E-state index is 0.171. The molecule has 2 aliphatic rings. The smallest absolute Gasteiger partial charge is 0.490 e. The fraction of sp³-hybridized carbons (Fsp3) is 0.462. The van der Waals surface area contributed by atoms with Gasteiger partial charge in [0.15, 0.2) is 0 Å². The van der Waals surface area contributed by atoms with Gasteiger partial charge in [-0.05, 0) is 48.7 Å². The highest BCUT2D eigenvalue weighted by molar-refractivity contribution is 5.73. The highest BCUT2D eigenvalue weighted by Crippen LogP contribution is 2.32. The van der Waals surface area contributed by atoms with Crippen molar-refractivity contribution in [2.75, 3.05) is 44.8 Å². The van der Waals surface area contributed by atoms with Crippen LogP contribution in [0.2, 0.25) is 0 Å². The molecule has 0 amide bonds. The van der Waals surface area contributed by atoms with Crippen molar-refractivity contribution in [3.63, 3.8) is 0 Å². The number of hydrogen-bond acceptors (Lipinski definition) is 6. The van der Waals surface area contributed by atoms with Gasteiger partial charge in [-0.15, -0.1) is 0 Å². The number of methoxy groups -OCH3 is 1. The number of alkyl halides is 6. The van der Waals surface area contributed by atoms with Crippen LogP contribution in [0.15, 0.2) is 48.5 Å². The second kappa shape index (κ2) is 14.3. The van der Waals surface area contributed by atoms with Gasteiger partial charge in [0, 0.05) is 38.4 Å². The number of carboxylic acids is 2. The zero-order valence-corrected chi connectivity index (χ0v) is 21.8. The number of piperidine rings is 1. The maximum absolute atomic E-state index is 13.6. The molecule has 1 spiro atoms. The van der Waals surface area contributed by atoms with Crippen LogP contribution < -0.4 is 9.64 Å². The van der Waals surface area contributed by atoms with Gasteiger partial charge in [-0.25, -0.2) is 14.0 Å². The van der Waals surface area contributed by atoms with Gasteiger partial charge in [0.1, 0.15) is 11.6 Å². The summed E-state index contributed by atoms with van der Waals surface area (Å²) in [7, 11) is 1.69. The summed E-state index contributed by atoms with van der Waals surface area (Å²) in [4.78, 5) is 22.5. The molecule has 2 aromatic carbocycles. The number of carbonyl (C=O) groups is 2. The molecule has 41 heavy (non-hydrogen) atoms. The third-order valence-corrected chi connectivity index (χ3v) is 6.09. The summed E-state index contributed by atoms with van der Waals surface area (Å²) >= 11 is 0. The Balaban J connectivity index is 0.000000349. The molecule has 2 N–H and O–H groups in total. The second-order valence-corrected chi connectivity index (χ2v) is 9.20. The summed E-state index contributed by atoms with van der Waals surface area (Å²) < 4.78 is 88.7. The van der Waals surface area contributed by atoms with Crippen molar-refractivity contribution in [3.05, 3.63) is 59.9 Å². The third kappa shape index (κ3) is 11.1. The first-order chi connectivity index (χ1) is 19.0. The lowest BCUT2D eigenvalue weighted by molar-refractivity contribution is -0.193. The summed E-state index contributed by atoms with van der Waals surface area (Å²) in [6.07, 6.45) is -8.05. The summed E-state index contributed by atoms with van der Waals surface area (Å²) in [6.45, 7) is 5.27. The predicted molar refractivity (Wildman–Crippen MR) is 132 cm³/mol. The Labute approximate surface area is 230 Å². The number of rotatable bonds is 4. The molecule has 0 bridgehead atoms. The first-order valence-corrected chi connectivity index (χ1v) is 12.1. The predicted octanol–water partition coefficient (Wildman–Crippen LogP) is 4.97. The summed E-state index contributed by atoms with van der Waals surface area (Å²) in [5.41, 5.74) is 2.06. The Hall–Kier alpha value is -3.59. The van der Waals surface area contributed by atoms with E-state index in [0.29, 0.717) is 0 Å². The molecule has 2 fully saturated rings. The summed E-state index contributed by atoms with van der Waals surface area (Å²) in [5.74, 6) is -4.81. The number of morpholine rings is 1. The Morgan fingerprint density at radius 1 is 0.951 bits per heavy atom. The number of anilines is 1. The molecular formula is C26H29F7N2O6. The van der Waals surface area contributed by atoms with Crippen molar-refractivity contribution in [1.82, 2.24) is 4.90 Å². The highest BCUT2D eigenvalue weighted by Gasteiger charge is 2.41. The average Bonchev–Trinajstić information content (AvgIpc) is 2.89. The summed E-state index contributed by atoms with van der Waals surface area (Å²) in [5, 5.41) is 14.2. The lowest BCUT2D eigenvalue weighted by Gasteiger charge is -2.48. The Bertz CT molecular complexity index is 1120. The lowest BCUT2D eigenvalue weighted by atomic mass is 9.90. The van der Waals surface area contributed by atoms with Crippen molar-refractivity contribution in [2.24, 2.45) is 0 Å². The van der Waals surface area contributed by atoms with Crippen molar-refractivity contribution < 1.29 is 60.0 Å². The SMILES string of the molecule is COc1ccc(CN2CCOC3(CCCN(c4cccc(F)c4)C3)C2)cc1.O=C(O)C(F)(F)F.O=C(O)C(F)(F)F. The number of aliphatic carboxylic acids is 2. The van der Waals surface area contributed by atoms with Gasteiger partial charge in [-0.3, -0.25) is 4.90 Å². The van der Waals surface area contributed by atoms with E-state index < -0.39 is 24.3 Å². The fourth-order valence-electron chi connectivity index (χ4n) is 4.29. The van der Waals surface area contributed by atoms with Crippen molar-refractivity contribution in [3.8, 4) is 5.75 Å². The Morgan fingerprint density at radius 3 is 2.05 bits per heavy atom. The first-order valence-electron chi connectivity index (χ1n) is 12.1. The van der Waals surface area contributed by atoms with Crippen LogP contribution in [0.5, 0.6) is 5.75 Å². The van der Waals surface area contributed by atoms with Crippen LogP contribution in [0, 0.1) is 5.82 Å². The molecule has 0 radical (unpaired) electrons. The van der Waals surface area contributed by atoms with Gasteiger partial charge in [0.05, 0.1) is 19.3 Å². The number of halogens is 7. The van der Waals surface area contributed by atoms with Crippen LogP contribution in [0.25, 0.3) is 0 Å². The van der Waals surface area contributed by atoms with Crippen LogP contribution in [0.1, 0.15) is 18.4 Å². The molecule has 15 heteroatoms. The quantitative estimate of drug-likeness (QED) is 0.476. The fourth-order valence-corrected chi connectivity index (χ4v) is 4.29. The molecule has 8 nitrogen and oxygen atoms in total. The molecule has 2 saturated heterocycles. The van der Waals surface area contributed by atoms with Crippen LogP contribution in [-0.4, -0.2) is 84.9 Å². The van der Waals surface area contributed by atoms with E-state index in [-0.39, 0.29) is 11.4 Å². The number of nitrogens with zero attached hydrogens (tertiary/aromatic N) is 2. The number of carboxylic acid groups (broad SMARTS) is 2. The molecule has 228 valence electrons. The van der Waals surface area contributed by atoms with E-state index in [1.807, 2.05) is 18.2 Å². The van der Waals surface area contributed by atoms with Gasteiger partial charge in [-0.1, -0.05) is 18.2 Å². The molecule has 0 aliphatic carbocycles. The average molecular weight is 599 g/mol. The van der Waals surface area contributed by atoms with E-state index >= 15 is 0 Å². The molecule has 0 aromatic heterocycles. The molecule has 4 rings (SSSR count). The van der Waals surface area contributed by atoms with Crippen molar-refractivity contribution in [1.29, 1.82) is 0 Å². The van der Waals surface area contributed by atoms with Crippen LogP contribution in [0.4, 0.5) is 36.4 Å². The minimum atomic E-state index is -5.08. The van der Waals surface area contributed by atoms with Crippen molar-refractivity contribution >= 4 is 17.6 Å². The monoisotopic (exact) mass is 598 g/mol. The Morgan fingerprint density at radius 2 is 1.54 bits per heavy atom. The van der Waals surface area contributed by atoms with Gasteiger partial charge >= 0.3 is 24.3 Å². The zero-order chi connectivity index (χ0) is 30.8. The number of hydrogen-bond donors (Lipinski definition) is 2. The summed E-state index contributed by atoms with van der Waals surface area (Å²) in [6, 6.07) is 15.2. The molecule has 2 aromatic rings. The molecule has 2 aliphatic heterocycles. The molecule has 0 saturated carbocycles. The van der Waals surface area contributed by atoms with Gasteiger partial charge in [-0.2, -0.15) is 26.3 Å². The number of ether oxygens (including phenoxy) is 2. The van der Waals surface area contributed by atoms with E-state index in [4.69, 9.17) is 29.3 Å². The van der Waals surface area contributed by atoms with E-state index in [9.17, 15) is 30.7 Å². The standard InChI is InChI=1S/C22H27FN2O2.2C2HF3O2/c1-26-21-8-6-18(7-9-21)15-24-12-13-27-22(16-24)10-3-11-25(17-22)20-5-2-4-19(23)14-20;2*3-2(4,5)1(6)7/h2,4-9,14H,3,10-13,15-17H2,1H3;2*(H,6,7). The molecular weight excluding hydrogens is 569 g/mol. The maximum atomic E-state index is 13.6. The van der Waals surface area contributed by atoms with Gasteiger partial charge in [0.25, 0.3) is 0 Å². The lowest BCUT2D eigenvalue weighted by Crippen LogP contribution is -2.59. The molecule has 1 atom stereocenters. The van der Waals surface area contributed by atoms with Crippen molar-refractivity contribution in [2.45, 2.75) is 37.3 Å². The first kappa shape index (κ1) is 33.6. The second-order valence-electron chi connectivity index (χ2n) is 9.20. The van der Waals surface area contributed by atoms with E-state index in [0.717, 1.165) is 63.6 Å². The van der Waals surface area contributed by atoms with E-state index in [1.165, 1.54) is 11.6 Å². The maximum Gasteiger partial charge on any atom is 0.490 e. The zero-order valence-electron chi connectivity index (χ0n) is 21.8. The molecule has 1 unspecified atom stereocenters. The van der Waals surface area contributed by atoms with Gasteiger partial charge < -0.3 is 24.6 Å². The Kier molecular flexibility index (Phi) is 11.8. The number of benzene rings is 2. The topological polar surface area (TPSA) is 99.5 Å². The van der Waals surface area contributed by atoms with Gasteiger partial charge in [0.2, 0.25) is 0 Å². The normalized spacial score (nSPS) is 19.4.